The first-order chi connectivity index (χ1) is 7.47. The van der Waals surface area contributed by atoms with Crippen molar-refractivity contribution in [3.63, 3.8) is 0 Å². The Morgan fingerprint density at radius 1 is 1.31 bits per heavy atom. The van der Waals surface area contributed by atoms with Gasteiger partial charge in [-0.3, -0.25) is 0 Å². The van der Waals surface area contributed by atoms with Crippen molar-refractivity contribution < 1.29 is 18.0 Å². The number of hydrogen-bond acceptors (Lipinski definition) is 3. The molecule has 2 rings (SSSR count). The molecule has 1 fully saturated rings. The van der Waals surface area contributed by atoms with Crippen LogP contribution in [0.15, 0.2) is 24.3 Å². The van der Waals surface area contributed by atoms with Crippen LogP contribution < -0.4 is 21.5 Å². The number of benzene rings is 1. The van der Waals surface area contributed by atoms with Crippen molar-refractivity contribution in [2.75, 3.05) is 5.12 Å². The van der Waals surface area contributed by atoms with E-state index in [0.29, 0.717) is 0 Å². The lowest BCUT2D eigenvalue weighted by atomic mass is 10.2. The van der Waals surface area contributed by atoms with Gasteiger partial charge in [-0.15, -0.1) is 5.43 Å². The molecule has 1 radical (unpaired) electrons. The van der Waals surface area contributed by atoms with Crippen LogP contribution in [0.25, 0.3) is 0 Å². The maximum atomic E-state index is 12.4. The molecule has 2 N–H and O–H groups in total. The molecule has 1 heterocycles. The van der Waals surface area contributed by atoms with E-state index in [1.165, 1.54) is 12.1 Å². The first-order valence-corrected chi connectivity index (χ1v) is 4.21. The number of alkyl halides is 3. The van der Waals surface area contributed by atoms with Gasteiger partial charge in [-0.2, -0.15) is 18.3 Å². The lowest BCUT2D eigenvalue weighted by Gasteiger charge is -2.16. The maximum absolute atomic E-state index is 12.4. The summed E-state index contributed by atoms with van der Waals surface area (Å²) < 4.78 is 37.1. The van der Waals surface area contributed by atoms with Gasteiger partial charge in [-0.1, -0.05) is 11.6 Å². The van der Waals surface area contributed by atoms with Crippen molar-refractivity contribution in [3.05, 3.63) is 29.8 Å². The van der Waals surface area contributed by atoms with E-state index in [-0.39, 0.29) is 5.69 Å². The topological polar surface area (TPSA) is 58.5 Å². The van der Waals surface area contributed by atoms with E-state index in [0.717, 1.165) is 17.3 Å². The third-order valence-electron chi connectivity index (χ3n) is 1.89. The molecule has 0 atom stereocenters. The number of halogens is 3. The van der Waals surface area contributed by atoms with Crippen LogP contribution in [0.1, 0.15) is 5.56 Å². The van der Waals surface area contributed by atoms with Gasteiger partial charge in [0.2, 0.25) is 0 Å². The number of hydrazine groups is 2. The molecule has 1 aromatic rings. The van der Waals surface area contributed by atoms with Gasteiger partial charge < -0.3 is 0 Å². The molecule has 1 aliphatic rings. The molecule has 8 heteroatoms. The number of carbonyl (C=O) groups is 1. The minimum atomic E-state index is -4.42. The highest BCUT2D eigenvalue weighted by Gasteiger charge is 2.31. The van der Waals surface area contributed by atoms with E-state index in [9.17, 15) is 18.0 Å². The summed E-state index contributed by atoms with van der Waals surface area (Å²) in [5.41, 5.74) is 7.00. The fraction of sp³-hybridized carbons (Fsp3) is 0.125. The maximum Gasteiger partial charge on any atom is 0.416 e. The highest BCUT2D eigenvalue weighted by atomic mass is 19.4. The fourth-order valence-electron chi connectivity index (χ4n) is 1.18. The number of nitrogens with zero attached hydrogens (tertiary/aromatic N) is 2. The van der Waals surface area contributed by atoms with Crippen LogP contribution in [0.5, 0.6) is 0 Å². The van der Waals surface area contributed by atoms with Crippen LogP contribution in [-0.4, -0.2) is 6.03 Å². The molecule has 1 saturated heterocycles. The predicted molar refractivity (Wildman–Crippen MR) is 47.7 cm³/mol. The van der Waals surface area contributed by atoms with E-state index in [1.807, 2.05) is 0 Å². The number of nitrogens with one attached hydrogen (secondary N) is 2. The Bertz CT molecular complexity index is 420. The third kappa shape index (κ3) is 2.01. The SMILES string of the molecule is O=C1[N]NN(c2cccc(C(F)(F)F)c2)N1. The smallest absolute Gasteiger partial charge is 0.243 e. The largest absolute Gasteiger partial charge is 0.416 e. The summed E-state index contributed by atoms with van der Waals surface area (Å²) in [7, 11) is 0. The third-order valence-corrected chi connectivity index (χ3v) is 1.89. The molecular formula is C8H6F3N4O. The lowest BCUT2D eigenvalue weighted by Crippen LogP contribution is -2.39. The van der Waals surface area contributed by atoms with Crippen molar-refractivity contribution in [2.45, 2.75) is 6.18 Å². The van der Waals surface area contributed by atoms with Crippen molar-refractivity contribution in [3.8, 4) is 0 Å². The molecule has 2 amide bonds. The quantitative estimate of drug-likeness (QED) is 0.762. The van der Waals surface area contributed by atoms with Crippen molar-refractivity contribution in [1.82, 2.24) is 16.4 Å². The molecule has 0 spiro atoms. The van der Waals surface area contributed by atoms with Crippen molar-refractivity contribution >= 4 is 11.7 Å². The van der Waals surface area contributed by atoms with Crippen LogP contribution >= 0.6 is 0 Å². The summed E-state index contributed by atoms with van der Waals surface area (Å²) in [6.07, 6.45) is -4.42. The molecule has 0 bridgehead atoms. The average Bonchev–Trinajstić information content (AvgIpc) is 2.64. The normalized spacial score (nSPS) is 15.9. The van der Waals surface area contributed by atoms with E-state index in [4.69, 9.17) is 0 Å². The zero-order valence-electron chi connectivity index (χ0n) is 7.75. The molecular weight excluding hydrogens is 225 g/mol. The Labute approximate surface area is 88.1 Å². The number of urea groups is 1. The standard InChI is InChI=1S/C8H6F3N4O/c9-8(10,11)5-2-1-3-6(4-5)15-13-7(16)12-14-15/h1-4,14H,(H,13,16). The van der Waals surface area contributed by atoms with E-state index in [1.54, 1.807) is 0 Å². The summed E-state index contributed by atoms with van der Waals surface area (Å²) in [6.45, 7) is 0. The zero-order chi connectivity index (χ0) is 11.8. The first-order valence-electron chi connectivity index (χ1n) is 4.21. The van der Waals surface area contributed by atoms with Gasteiger partial charge in [0.05, 0.1) is 11.3 Å². The Morgan fingerprint density at radius 3 is 2.62 bits per heavy atom. The van der Waals surface area contributed by atoms with Crippen LogP contribution in [0.2, 0.25) is 0 Å². The molecule has 16 heavy (non-hydrogen) atoms. The summed E-state index contributed by atoms with van der Waals surface area (Å²) in [5.74, 6) is 0. The summed E-state index contributed by atoms with van der Waals surface area (Å²) in [5, 5.41) is 0.998. The number of amides is 2. The summed E-state index contributed by atoms with van der Waals surface area (Å²) in [6, 6.07) is 3.82. The van der Waals surface area contributed by atoms with Gasteiger partial charge in [0.1, 0.15) is 0 Å². The Balaban J connectivity index is 2.26. The summed E-state index contributed by atoms with van der Waals surface area (Å²) in [4.78, 5) is 10.7. The van der Waals surface area contributed by atoms with Gasteiger partial charge in [-0.25, -0.2) is 10.2 Å². The molecule has 0 saturated carbocycles. The van der Waals surface area contributed by atoms with E-state index < -0.39 is 17.8 Å². The minimum Gasteiger partial charge on any atom is -0.243 e. The lowest BCUT2D eigenvalue weighted by molar-refractivity contribution is -0.137. The highest BCUT2D eigenvalue weighted by Crippen LogP contribution is 2.31. The van der Waals surface area contributed by atoms with Crippen LogP contribution in [-0.2, 0) is 6.18 Å². The van der Waals surface area contributed by atoms with Gasteiger partial charge in [-0.05, 0) is 18.2 Å². The second-order valence-corrected chi connectivity index (χ2v) is 3.01. The second kappa shape index (κ2) is 3.56. The number of anilines is 1. The Morgan fingerprint density at radius 2 is 2.06 bits per heavy atom. The zero-order valence-corrected chi connectivity index (χ0v) is 7.75. The monoisotopic (exact) mass is 231 g/mol. The molecule has 0 aliphatic carbocycles. The molecule has 5 nitrogen and oxygen atoms in total. The average molecular weight is 231 g/mol. The Hall–Kier alpha value is -1.96. The van der Waals surface area contributed by atoms with Crippen LogP contribution in [0.4, 0.5) is 23.7 Å². The van der Waals surface area contributed by atoms with E-state index in [2.05, 4.69) is 16.4 Å². The first kappa shape index (κ1) is 10.6. The van der Waals surface area contributed by atoms with Gasteiger partial charge in [0.25, 0.3) is 0 Å². The number of carbonyl (C=O) groups excluding carboxylic acids is 1. The van der Waals surface area contributed by atoms with E-state index >= 15 is 0 Å². The molecule has 1 aliphatic heterocycles. The van der Waals surface area contributed by atoms with Gasteiger partial charge >= 0.3 is 12.2 Å². The highest BCUT2D eigenvalue weighted by molar-refractivity contribution is 5.77. The van der Waals surface area contributed by atoms with Crippen LogP contribution in [0.3, 0.4) is 0 Å². The fourth-order valence-corrected chi connectivity index (χ4v) is 1.18. The van der Waals surface area contributed by atoms with Crippen molar-refractivity contribution in [1.29, 1.82) is 0 Å². The molecule has 1 aromatic carbocycles. The second-order valence-electron chi connectivity index (χ2n) is 3.01. The number of rotatable bonds is 1. The summed E-state index contributed by atoms with van der Waals surface area (Å²) >= 11 is 0. The molecule has 0 aromatic heterocycles. The Kier molecular flexibility index (Phi) is 2.35. The van der Waals surface area contributed by atoms with Gasteiger partial charge in [0.15, 0.2) is 0 Å². The predicted octanol–water partition coefficient (Wildman–Crippen LogP) is 1.17. The molecule has 85 valence electrons. The molecule has 0 unspecified atom stereocenters. The van der Waals surface area contributed by atoms with Crippen LogP contribution in [0, 0.1) is 0 Å². The number of hydrogen-bond donors (Lipinski definition) is 2. The minimum absolute atomic E-state index is 0.143. The van der Waals surface area contributed by atoms with Crippen molar-refractivity contribution in [2.24, 2.45) is 0 Å². The van der Waals surface area contributed by atoms with Gasteiger partial charge in [0, 0.05) is 0 Å².